The van der Waals surface area contributed by atoms with Gasteiger partial charge in [0.15, 0.2) is 0 Å². The summed E-state index contributed by atoms with van der Waals surface area (Å²) in [6.07, 6.45) is 2.34. The fourth-order valence-corrected chi connectivity index (χ4v) is 5.53. The minimum absolute atomic E-state index is 0.0264. The molecule has 2 rings (SSSR count). The van der Waals surface area contributed by atoms with Gasteiger partial charge >= 0.3 is 127 Å². The summed E-state index contributed by atoms with van der Waals surface area (Å²) in [6, 6.07) is 20.3. The molecule has 0 heterocycles. The number of rotatable bonds is 6. The molecular formula is C16H16HgO2. The summed E-state index contributed by atoms with van der Waals surface area (Å²) in [7, 11) is 0. The van der Waals surface area contributed by atoms with Gasteiger partial charge in [-0.15, -0.1) is 0 Å². The van der Waals surface area contributed by atoms with E-state index in [0.29, 0.717) is 6.42 Å². The van der Waals surface area contributed by atoms with Gasteiger partial charge in [0.2, 0.25) is 0 Å². The van der Waals surface area contributed by atoms with E-state index in [1.54, 1.807) is 0 Å². The van der Waals surface area contributed by atoms with E-state index >= 15 is 0 Å². The molecule has 0 radical (unpaired) electrons. The zero-order valence-electron chi connectivity index (χ0n) is 10.9. The van der Waals surface area contributed by atoms with Gasteiger partial charge in [-0.05, 0) is 0 Å². The number of hydrogen-bond donors (Lipinski definition) is 0. The number of carbonyl (C=O) groups excluding carboxylic acids is 1. The van der Waals surface area contributed by atoms with Crippen LogP contribution in [0.4, 0.5) is 0 Å². The van der Waals surface area contributed by atoms with Crippen LogP contribution >= 0.6 is 0 Å². The van der Waals surface area contributed by atoms with Crippen LogP contribution in [0.3, 0.4) is 0 Å². The maximum absolute atomic E-state index is 11.6. The van der Waals surface area contributed by atoms with Crippen molar-refractivity contribution in [3.63, 3.8) is 0 Å². The first kappa shape index (κ1) is 14.3. The van der Waals surface area contributed by atoms with Crippen molar-refractivity contribution >= 4 is 9.04 Å². The quantitative estimate of drug-likeness (QED) is 0.646. The summed E-state index contributed by atoms with van der Waals surface area (Å²) in [5.41, 5.74) is 1.28. The molecule has 0 unspecified atom stereocenters. The zero-order valence-corrected chi connectivity index (χ0v) is 16.4. The molecule has 0 aliphatic carbocycles. The standard InChI is InChI=1S/C10H12O2.C6H5.Hg/c11-10(12)8-4-7-9-5-2-1-3-6-9;1-2-4-6-5-3-1;/h1-3,5-6H,4,7-8H2,(H,11,12);1-5H;/q;;+1/p-1. The second kappa shape index (κ2) is 8.10. The van der Waals surface area contributed by atoms with E-state index in [9.17, 15) is 4.79 Å². The van der Waals surface area contributed by atoms with Crippen LogP contribution in [-0.4, -0.2) is 5.97 Å². The first-order chi connectivity index (χ1) is 9.34. The molecule has 3 heteroatoms. The third-order valence-corrected chi connectivity index (χ3v) is 7.87. The van der Waals surface area contributed by atoms with Crippen LogP contribution < -0.4 is 3.07 Å². The van der Waals surface area contributed by atoms with Crippen molar-refractivity contribution in [3.8, 4) is 0 Å². The molecule has 0 bridgehead atoms. The van der Waals surface area contributed by atoms with Crippen LogP contribution in [0.25, 0.3) is 0 Å². The summed E-state index contributed by atoms with van der Waals surface area (Å²) in [6.45, 7) is 0. The molecule has 0 saturated heterocycles. The summed E-state index contributed by atoms with van der Waals surface area (Å²) in [5.74, 6) is -0.0264. The first-order valence-corrected chi connectivity index (χ1v) is 11.6. The van der Waals surface area contributed by atoms with Gasteiger partial charge in [-0.25, -0.2) is 0 Å². The molecule has 2 nitrogen and oxygen atoms in total. The Morgan fingerprint density at radius 1 is 0.947 bits per heavy atom. The molecule has 0 spiro atoms. The molecule has 19 heavy (non-hydrogen) atoms. The average molecular weight is 441 g/mol. The molecular weight excluding hydrogens is 425 g/mol. The van der Waals surface area contributed by atoms with Crippen molar-refractivity contribution in [3.05, 3.63) is 66.2 Å². The van der Waals surface area contributed by atoms with Crippen LogP contribution in [-0.2, 0) is 38.9 Å². The van der Waals surface area contributed by atoms with Crippen LogP contribution in [0.15, 0.2) is 60.7 Å². The Labute approximate surface area is 126 Å². The topological polar surface area (TPSA) is 26.3 Å². The third kappa shape index (κ3) is 5.56. The molecule has 0 fully saturated rings. The van der Waals surface area contributed by atoms with Crippen LogP contribution in [0, 0.1) is 0 Å². The van der Waals surface area contributed by atoms with Gasteiger partial charge in [0.25, 0.3) is 0 Å². The molecule has 0 aromatic heterocycles. The third-order valence-electron chi connectivity index (χ3n) is 2.93. The Kier molecular flexibility index (Phi) is 6.08. The van der Waals surface area contributed by atoms with Gasteiger partial charge < -0.3 is 0 Å². The summed E-state index contributed by atoms with van der Waals surface area (Å²) < 4.78 is 6.70. The predicted molar refractivity (Wildman–Crippen MR) is 71.5 cm³/mol. The van der Waals surface area contributed by atoms with Crippen LogP contribution in [0.5, 0.6) is 0 Å². The van der Waals surface area contributed by atoms with E-state index in [0.717, 1.165) is 12.8 Å². The number of carbonyl (C=O) groups is 1. The summed E-state index contributed by atoms with van der Waals surface area (Å²) >= 11 is -1.66. The van der Waals surface area contributed by atoms with Crippen molar-refractivity contribution < 1.29 is 32.5 Å². The Bertz CT molecular complexity index is 497. The normalized spacial score (nSPS) is 9.68. The Morgan fingerprint density at radius 2 is 1.58 bits per heavy atom. The van der Waals surface area contributed by atoms with Gasteiger partial charge in [0.05, 0.1) is 0 Å². The monoisotopic (exact) mass is 442 g/mol. The Balaban J connectivity index is 1.65. The fourth-order valence-electron chi connectivity index (χ4n) is 1.89. The van der Waals surface area contributed by atoms with E-state index in [4.69, 9.17) is 2.64 Å². The van der Waals surface area contributed by atoms with Crippen molar-refractivity contribution in [1.82, 2.24) is 0 Å². The van der Waals surface area contributed by atoms with E-state index in [-0.39, 0.29) is 5.97 Å². The predicted octanol–water partition coefficient (Wildman–Crippen LogP) is 2.88. The van der Waals surface area contributed by atoms with Gasteiger partial charge in [0.1, 0.15) is 0 Å². The Hall–Kier alpha value is -1.15. The number of aryl methyl sites for hydroxylation is 1. The molecule has 2 aromatic carbocycles. The average Bonchev–Trinajstić information content (AvgIpc) is 2.47. The summed E-state index contributed by atoms with van der Waals surface area (Å²) in [4.78, 5) is 11.6. The molecule has 94 valence electrons. The first-order valence-electron chi connectivity index (χ1n) is 6.58. The van der Waals surface area contributed by atoms with E-state index in [2.05, 4.69) is 24.3 Å². The van der Waals surface area contributed by atoms with Gasteiger partial charge in [-0.3, -0.25) is 0 Å². The van der Waals surface area contributed by atoms with Gasteiger partial charge in [-0.2, -0.15) is 0 Å². The minimum atomic E-state index is -1.66. The molecule has 0 aliphatic heterocycles. The van der Waals surface area contributed by atoms with E-state index < -0.39 is 25.0 Å². The van der Waals surface area contributed by atoms with Crippen LogP contribution in [0.2, 0.25) is 0 Å². The molecule has 0 N–H and O–H groups in total. The maximum atomic E-state index is 11.6. The molecule has 0 saturated carbocycles. The second-order valence-corrected chi connectivity index (χ2v) is 9.90. The van der Waals surface area contributed by atoms with Crippen molar-refractivity contribution in [2.24, 2.45) is 0 Å². The molecule has 0 aliphatic rings. The zero-order chi connectivity index (χ0) is 13.3. The van der Waals surface area contributed by atoms with Gasteiger partial charge in [-0.1, -0.05) is 0 Å². The van der Waals surface area contributed by atoms with Gasteiger partial charge in [0, 0.05) is 0 Å². The molecule has 0 amide bonds. The molecule has 2 aromatic rings. The van der Waals surface area contributed by atoms with Crippen molar-refractivity contribution in [2.75, 3.05) is 0 Å². The molecule has 0 atom stereocenters. The number of hydrogen-bond acceptors (Lipinski definition) is 2. The van der Waals surface area contributed by atoms with Crippen molar-refractivity contribution in [1.29, 1.82) is 0 Å². The second-order valence-electron chi connectivity index (χ2n) is 4.49. The fraction of sp³-hybridized carbons (Fsp3) is 0.188. The van der Waals surface area contributed by atoms with Crippen LogP contribution in [0.1, 0.15) is 18.4 Å². The Morgan fingerprint density at radius 3 is 2.26 bits per heavy atom. The van der Waals surface area contributed by atoms with Crippen molar-refractivity contribution in [2.45, 2.75) is 19.3 Å². The van der Waals surface area contributed by atoms with E-state index in [1.807, 2.05) is 36.4 Å². The number of benzene rings is 2. The van der Waals surface area contributed by atoms with E-state index in [1.165, 1.54) is 8.64 Å². The SMILES string of the molecule is O=C(CCCc1ccccc1)[O][Hg][c]1ccccc1. The summed E-state index contributed by atoms with van der Waals surface area (Å²) in [5, 5.41) is 0.